The van der Waals surface area contributed by atoms with E-state index in [-0.39, 0.29) is 12.3 Å². The van der Waals surface area contributed by atoms with E-state index in [0.717, 1.165) is 27.5 Å². The molecule has 5 heteroatoms. The van der Waals surface area contributed by atoms with Crippen LogP contribution >= 0.6 is 0 Å². The molecule has 26 heavy (non-hydrogen) atoms. The lowest BCUT2D eigenvalue weighted by Crippen LogP contribution is -2.24. The number of nitrogens with one attached hydrogen (secondary N) is 1. The second-order valence-corrected chi connectivity index (χ2v) is 6.13. The van der Waals surface area contributed by atoms with E-state index in [1.165, 1.54) is 0 Å². The van der Waals surface area contributed by atoms with Crippen LogP contribution in [0.15, 0.2) is 65.2 Å². The molecule has 0 aliphatic carbocycles. The van der Waals surface area contributed by atoms with E-state index in [1.54, 1.807) is 7.11 Å². The van der Waals surface area contributed by atoms with Crippen molar-refractivity contribution in [2.75, 3.05) is 7.11 Å². The zero-order valence-electron chi connectivity index (χ0n) is 14.4. The molecule has 3 aromatic carbocycles. The summed E-state index contributed by atoms with van der Waals surface area (Å²) in [5, 5.41) is 10.0. The van der Waals surface area contributed by atoms with Gasteiger partial charge in [-0.2, -0.15) is 0 Å². The van der Waals surface area contributed by atoms with Gasteiger partial charge >= 0.3 is 0 Å². The molecule has 0 fully saturated rings. The molecule has 1 heterocycles. The lowest BCUT2D eigenvalue weighted by atomic mass is 10.1. The van der Waals surface area contributed by atoms with E-state index < -0.39 is 0 Å². The third-order valence-corrected chi connectivity index (χ3v) is 4.38. The predicted octanol–water partition coefficient (Wildman–Crippen LogP) is 3.85. The summed E-state index contributed by atoms with van der Waals surface area (Å²) in [6.45, 7) is 0.469. The van der Waals surface area contributed by atoms with E-state index in [9.17, 15) is 4.79 Å². The van der Waals surface area contributed by atoms with Gasteiger partial charge in [0.05, 0.1) is 13.5 Å². The highest BCUT2D eigenvalue weighted by Crippen LogP contribution is 2.22. The molecule has 4 aromatic rings. The maximum atomic E-state index is 12.3. The summed E-state index contributed by atoms with van der Waals surface area (Å²) in [7, 11) is 1.66. The van der Waals surface area contributed by atoms with Crippen molar-refractivity contribution in [3.05, 3.63) is 71.9 Å². The summed E-state index contributed by atoms with van der Waals surface area (Å²) in [6.07, 6.45) is 0.196. The van der Waals surface area contributed by atoms with Crippen LogP contribution in [0.3, 0.4) is 0 Å². The fourth-order valence-electron chi connectivity index (χ4n) is 2.99. The third kappa shape index (κ3) is 3.24. The summed E-state index contributed by atoms with van der Waals surface area (Å²) < 4.78 is 10.5. The van der Waals surface area contributed by atoms with Crippen LogP contribution in [0.1, 0.15) is 11.3 Å². The maximum Gasteiger partial charge on any atom is 0.226 e. The molecular weight excluding hydrogens is 328 g/mol. The first kappa shape index (κ1) is 16.1. The minimum Gasteiger partial charge on any atom is -0.497 e. The van der Waals surface area contributed by atoms with Crippen molar-refractivity contribution in [3.63, 3.8) is 0 Å². The zero-order chi connectivity index (χ0) is 17.9. The number of carbonyl (C=O) groups excluding carboxylic acids is 1. The van der Waals surface area contributed by atoms with E-state index in [2.05, 4.69) is 16.5 Å². The molecule has 0 spiro atoms. The number of hydrogen-bond donors (Lipinski definition) is 1. The van der Waals surface area contributed by atoms with Gasteiger partial charge in [-0.05, 0) is 46.7 Å². The summed E-state index contributed by atoms with van der Waals surface area (Å²) in [5.74, 6) is 0.747. The number of carbonyl (C=O) groups is 1. The summed E-state index contributed by atoms with van der Waals surface area (Å²) >= 11 is 0. The summed E-state index contributed by atoms with van der Waals surface area (Å²) in [5.41, 5.74) is 2.39. The molecule has 1 aromatic heterocycles. The minimum absolute atomic E-state index is 0.0844. The molecule has 0 aliphatic rings. The van der Waals surface area contributed by atoms with Crippen molar-refractivity contribution in [3.8, 4) is 5.75 Å². The van der Waals surface area contributed by atoms with Crippen molar-refractivity contribution >= 4 is 27.6 Å². The number of benzene rings is 3. The van der Waals surface area contributed by atoms with Crippen LogP contribution in [0.2, 0.25) is 0 Å². The van der Waals surface area contributed by atoms with Gasteiger partial charge in [0, 0.05) is 11.9 Å². The molecule has 130 valence electrons. The topological polar surface area (TPSA) is 64.4 Å². The number of amides is 1. The lowest BCUT2D eigenvalue weighted by molar-refractivity contribution is -0.120. The fourth-order valence-corrected chi connectivity index (χ4v) is 2.99. The normalized spacial score (nSPS) is 11.0. The van der Waals surface area contributed by atoms with Gasteiger partial charge < -0.3 is 14.6 Å². The number of ether oxygens (including phenoxy) is 1. The molecule has 0 radical (unpaired) electrons. The molecule has 4 rings (SSSR count). The number of nitrogens with zero attached hydrogens (tertiary/aromatic N) is 1. The monoisotopic (exact) mass is 346 g/mol. The average Bonchev–Trinajstić information content (AvgIpc) is 3.08. The second kappa shape index (κ2) is 6.88. The Morgan fingerprint density at radius 2 is 1.88 bits per heavy atom. The zero-order valence-corrected chi connectivity index (χ0v) is 14.4. The van der Waals surface area contributed by atoms with Gasteiger partial charge in [0.25, 0.3) is 0 Å². The number of para-hydroxylation sites is 1. The Balaban J connectivity index is 1.43. The quantitative estimate of drug-likeness (QED) is 0.596. The molecule has 0 saturated heterocycles. The first-order valence-corrected chi connectivity index (χ1v) is 8.39. The standard InChI is InChI=1S/C21H18N2O3/c1-25-17-9-8-15-10-14(6-7-16(15)11-17)13-22-21(24)12-19-18-4-2-3-5-20(18)26-23-19/h2-11H,12-13H2,1H3,(H,22,24). The molecule has 5 nitrogen and oxygen atoms in total. The van der Waals surface area contributed by atoms with Crippen LogP contribution in [0.5, 0.6) is 5.75 Å². The largest absolute Gasteiger partial charge is 0.497 e. The fraction of sp³-hybridized carbons (Fsp3) is 0.143. The van der Waals surface area contributed by atoms with Crippen LogP contribution in [0, 0.1) is 0 Å². The van der Waals surface area contributed by atoms with Crippen LogP contribution in [-0.2, 0) is 17.8 Å². The summed E-state index contributed by atoms with van der Waals surface area (Å²) in [4.78, 5) is 12.3. The maximum absolute atomic E-state index is 12.3. The predicted molar refractivity (Wildman–Crippen MR) is 100 cm³/mol. The van der Waals surface area contributed by atoms with Crippen LogP contribution < -0.4 is 10.1 Å². The Bertz CT molecular complexity index is 1080. The molecule has 0 saturated carbocycles. The van der Waals surface area contributed by atoms with Gasteiger partial charge in [-0.1, -0.05) is 35.5 Å². The Kier molecular flexibility index (Phi) is 4.27. The number of fused-ring (bicyclic) bond motifs is 2. The van der Waals surface area contributed by atoms with E-state index in [1.807, 2.05) is 54.6 Å². The van der Waals surface area contributed by atoms with E-state index in [4.69, 9.17) is 9.26 Å². The second-order valence-electron chi connectivity index (χ2n) is 6.13. The highest BCUT2D eigenvalue weighted by Gasteiger charge is 2.11. The van der Waals surface area contributed by atoms with E-state index >= 15 is 0 Å². The van der Waals surface area contributed by atoms with Gasteiger partial charge in [-0.3, -0.25) is 4.79 Å². The van der Waals surface area contributed by atoms with Crippen molar-refractivity contribution in [2.24, 2.45) is 0 Å². The van der Waals surface area contributed by atoms with Crippen LogP contribution in [0.25, 0.3) is 21.7 Å². The van der Waals surface area contributed by atoms with Crippen molar-refractivity contribution in [1.82, 2.24) is 10.5 Å². The lowest BCUT2D eigenvalue weighted by Gasteiger charge is -2.07. The first-order valence-electron chi connectivity index (χ1n) is 8.39. The van der Waals surface area contributed by atoms with Crippen LogP contribution in [-0.4, -0.2) is 18.2 Å². The summed E-state index contributed by atoms with van der Waals surface area (Å²) in [6, 6.07) is 19.6. The van der Waals surface area contributed by atoms with Crippen molar-refractivity contribution < 1.29 is 14.1 Å². The number of rotatable bonds is 5. The number of hydrogen-bond acceptors (Lipinski definition) is 4. The van der Waals surface area contributed by atoms with Gasteiger partial charge in [0.2, 0.25) is 5.91 Å². The molecule has 1 N–H and O–H groups in total. The SMILES string of the molecule is COc1ccc2cc(CNC(=O)Cc3noc4ccccc34)ccc2c1. The molecule has 1 amide bonds. The number of aromatic nitrogens is 1. The minimum atomic E-state index is -0.0844. The van der Waals surface area contributed by atoms with Gasteiger partial charge in [0.15, 0.2) is 5.58 Å². The van der Waals surface area contributed by atoms with Crippen LogP contribution in [0.4, 0.5) is 0 Å². The molecule has 0 aliphatic heterocycles. The van der Waals surface area contributed by atoms with Gasteiger partial charge in [0.1, 0.15) is 11.4 Å². The number of methoxy groups -OCH3 is 1. The van der Waals surface area contributed by atoms with Crippen molar-refractivity contribution in [2.45, 2.75) is 13.0 Å². The Morgan fingerprint density at radius 3 is 2.77 bits per heavy atom. The highest BCUT2D eigenvalue weighted by molar-refractivity contribution is 5.87. The Hall–Kier alpha value is -3.34. The molecule has 0 bridgehead atoms. The highest BCUT2D eigenvalue weighted by atomic mass is 16.5. The Labute approximate surface area is 150 Å². The molecular formula is C21H18N2O3. The third-order valence-electron chi connectivity index (χ3n) is 4.38. The first-order chi connectivity index (χ1) is 12.7. The average molecular weight is 346 g/mol. The van der Waals surface area contributed by atoms with Gasteiger partial charge in [-0.25, -0.2) is 0 Å². The van der Waals surface area contributed by atoms with Gasteiger partial charge in [-0.15, -0.1) is 0 Å². The Morgan fingerprint density at radius 1 is 1.08 bits per heavy atom. The smallest absolute Gasteiger partial charge is 0.226 e. The van der Waals surface area contributed by atoms with E-state index in [0.29, 0.717) is 17.8 Å². The molecule has 0 atom stereocenters. The molecule has 0 unspecified atom stereocenters. The van der Waals surface area contributed by atoms with Crippen molar-refractivity contribution in [1.29, 1.82) is 0 Å².